The van der Waals surface area contributed by atoms with Gasteiger partial charge in [-0.2, -0.15) is 0 Å². The highest BCUT2D eigenvalue weighted by Gasteiger charge is 2.28. The van der Waals surface area contributed by atoms with Crippen LogP contribution in [0.3, 0.4) is 0 Å². The summed E-state index contributed by atoms with van der Waals surface area (Å²) < 4.78 is 0. The van der Waals surface area contributed by atoms with Crippen LogP contribution in [0.2, 0.25) is 0 Å². The fourth-order valence-corrected chi connectivity index (χ4v) is 1.64. The summed E-state index contributed by atoms with van der Waals surface area (Å²) in [7, 11) is 0. The van der Waals surface area contributed by atoms with Crippen LogP contribution in [0.25, 0.3) is 0 Å². The van der Waals surface area contributed by atoms with Gasteiger partial charge in [0.15, 0.2) is 0 Å². The molecule has 0 bridgehead atoms. The van der Waals surface area contributed by atoms with Gasteiger partial charge in [-0.25, -0.2) is 4.99 Å². The summed E-state index contributed by atoms with van der Waals surface area (Å²) in [6.45, 7) is 0.232. The molecule has 0 aromatic heterocycles. The Labute approximate surface area is 80.6 Å². The molecule has 4 nitrogen and oxygen atoms in total. The number of nitrogens with zero attached hydrogens (tertiary/aromatic N) is 3. The van der Waals surface area contributed by atoms with E-state index in [0.29, 0.717) is 0 Å². The second kappa shape index (κ2) is 2.51. The largest absolute Gasteiger partial charge is 0.272 e. The molecule has 68 valence electrons. The molecular weight excluding hydrogens is 178 g/mol. The van der Waals surface area contributed by atoms with Crippen LogP contribution in [-0.4, -0.2) is 29.5 Å². The lowest BCUT2D eigenvalue weighted by atomic mass is 10.1. The first-order valence-corrected chi connectivity index (χ1v) is 4.36. The molecule has 0 radical (unpaired) electrons. The third kappa shape index (κ3) is 0.849. The van der Waals surface area contributed by atoms with E-state index >= 15 is 0 Å². The van der Waals surface area contributed by atoms with Crippen molar-refractivity contribution >= 4 is 23.8 Å². The number of hydrogen-bond donors (Lipinski definition) is 0. The first-order valence-electron chi connectivity index (χ1n) is 4.36. The normalized spacial score (nSPS) is 17.9. The molecule has 0 atom stereocenters. The van der Waals surface area contributed by atoms with E-state index < -0.39 is 0 Å². The molecule has 4 heteroatoms. The summed E-state index contributed by atoms with van der Waals surface area (Å²) in [5, 5.41) is 0. The van der Waals surface area contributed by atoms with Crippen molar-refractivity contribution in [2.45, 2.75) is 0 Å². The maximum absolute atomic E-state index is 11.3. The Morgan fingerprint density at radius 1 is 1.29 bits per heavy atom. The zero-order valence-corrected chi connectivity index (χ0v) is 7.34. The van der Waals surface area contributed by atoms with Gasteiger partial charge < -0.3 is 0 Å². The summed E-state index contributed by atoms with van der Waals surface area (Å²) in [4.78, 5) is 21.2. The van der Waals surface area contributed by atoms with E-state index in [1.165, 1.54) is 11.2 Å². The van der Waals surface area contributed by atoms with E-state index in [-0.39, 0.29) is 12.5 Å². The molecule has 0 unspecified atom stereocenters. The summed E-state index contributed by atoms with van der Waals surface area (Å²) in [6.07, 6.45) is 1.54. The van der Waals surface area contributed by atoms with Crippen molar-refractivity contribution in [2.75, 3.05) is 6.54 Å². The maximum Gasteiger partial charge on any atom is 0.255 e. The van der Waals surface area contributed by atoms with Crippen molar-refractivity contribution in [1.29, 1.82) is 0 Å². The number of hydrogen-bond acceptors (Lipinski definition) is 3. The molecule has 0 N–H and O–H groups in total. The Morgan fingerprint density at radius 2 is 2.14 bits per heavy atom. The molecule has 2 heterocycles. The van der Waals surface area contributed by atoms with Crippen molar-refractivity contribution in [3.8, 4) is 0 Å². The van der Waals surface area contributed by atoms with Crippen LogP contribution in [0.4, 0.5) is 5.69 Å². The standard InChI is InChI=1S/C10H7N3O/c14-9-5-11-10-7-3-1-2-4-8(7)12-6-13(9)10/h1-4,6H,5H2. The number of aliphatic imine (C=N–C) groups is 2. The highest BCUT2D eigenvalue weighted by atomic mass is 16.2. The molecular formula is C10H7N3O. The molecule has 2 aliphatic heterocycles. The van der Waals surface area contributed by atoms with Crippen LogP contribution in [0.15, 0.2) is 34.3 Å². The van der Waals surface area contributed by atoms with Gasteiger partial charge in [0.1, 0.15) is 18.7 Å². The zero-order valence-electron chi connectivity index (χ0n) is 7.34. The first-order chi connectivity index (χ1) is 6.86. The molecule has 0 spiro atoms. The number of amides is 1. The van der Waals surface area contributed by atoms with Crippen molar-refractivity contribution < 1.29 is 4.79 Å². The van der Waals surface area contributed by atoms with Gasteiger partial charge in [0.05, 0.1) is 5.69 Å². The van der Waals surface area contributed by atoms with Gasteiger partial charge in [-0.05, 0) is 12.1 Å². The molecule has 14 heavy (non-hydrogen) atoms. The van der Waals surface area contributed by atoms with Crippen LogP contribution < -0.4 is 0 Å². The molecule has 0 saturated carbocycles. The van der Waals surface area contributed by atoms with Crippen LogP contribution in [-0.2, 0) is 4.79 Å². The van der Waals surface area contributed by atoms with Gasteiger partial charge in [0, 0.05) is 5.56 Å². The highest BCUT2D eigenvalue weighted by Crippen LogP contribution is 2.25. The first kappa shape index (κ1) is 7.44. The van der Waals surface area contributed by atoms with Crippen molar-refractivity contribution in [1.82, 2.24) is 4.90 Å². The van der Waals surface area contributed by atoms with E-state index in [2.05, 4.69) is 9.98 Å². The summed E-state index contributed by atoms with van der Waals surface area (Å²) in [5.74, 6) is 0.707. The summed E-state index contributed by atoms with van der Waals surface area (Å²) >= 11 is 0. The number of carbonyl (C=O) groups excluding carboxylic acids is 1. The molecule has 1 amide bonds. The van der Waals surface area contributed by atoms with Gasteiger partial charge in [-0.15, -0.1) is 0 Å². The molecule has 2 aliphatic rings. The van der Waals surface area contributed by atoms with Crippen LogP contribution >= 0.6 is 0 Å². The van der Waals surface area contributed by atoms with Gasteiger partial charge in [-0.1, -0.05) is 12.1 Å². The maximum atomic E-state index is 11.3. The van der Waals surface area contributed by atoms with Crippen LogP contribution in [0.1, 0.15) is 5.56 Å². The van der Waals surface area contributed by atoms with Crippen molar-refractivity contribution in [2.24, 2.45) is 9.98 Å². The average Bonchev–Trinajstić information content (AvgIpc) is 2.61. The number of benzene rings is 1. The lowest BCUT2D eigenvalue weighted by molar-refractivity contribution is -0.122. The summed E-state index contributed by atoms with van der Waals surface area (Å²) in [5.41, 5.74) is 1.80. The molecule has 0 saturated heterocycles. The van der Waals surface area contributed by atoms with Crippen molar-refractivity contribution in [3.05, 3.63) is 29.8 Å². The minimum Gasteiger partial charge on any atom is -0.272 e. The molecule has 1 aromatic rings. The number of amidine groups is 1. The Hall–Kier alpha value is -1.97. The van der Waals surface area contributed by atoms with E-state index in [9.17, 15) is 4.79 Å². The molecule has 1 aromatic carbocycles. The zero-order chi connectivity index (χ0) is 9.54. The number of carbonyl (C=O) groups is 1. The topological polar surface area (TPSA) is 45.0 Å². The van der Waals surface area contributed by atoms with Gasteiger partial charge in [-0.3, -0.25) is 14.7 Å². The third-order valence-electron chi connectivity index (χ3n) is 2.32. The van der Waals surface area contributed by atoms with Gasteiger partial charge >= 0.3 is 0 Å². The molecule has 0 fully saturated rings. The molecule has 0 aliphatic carbocycles. The van der Waals surface area contributed by atoms with Crippen molar-refractivity contribution in [3.63, 3.8) is 0 Å². The Balaban J connectivity index is 2.22. The van der Waals surface area contributed by atoms with E-state index in [1.54, 1.807) is 0 Å². The minimum absolute atomic E-state index is 0.0155. The lowest BCUT2D eigenvalue weighted by Crippen LogP contribution is -2.33. The predicted octanol–water partition coefficient (Wildman–Crippen LogP) is 0.949. The SMILES string of the molecule is O=C1CN=C2c3ccccc3N=CN12. The third-order valence-corrected chi connectivity index (χ3v) is 2.32. The van der Waals surface area contributed by atoms with Crippen LogP contribution in [0, 0.1) is 0 Å². The van der Waals surface area contributed by atoms with E-state index in [1.807, 2.05) is 24.3 Å². The highest BCUT2D eigenvalue weighted by molar-refractivity contribution is 6.22. The molecule has 3 rings (SSSR count). The second-order valence-corrected chi connectivity index (χ2v) is 3.17. The monoisotopic (exact) mass is 185 g/mol. The second-order valence-electron chi connectivity index (χ2n) is 3.17. The van der Waals surface area contributed by atoms with Crippen LogP contribution in [0.5, 0.6) is 0 Å². The van der Waals surface area contributed by atoms with Gasteiger partial charge in [0.25, 0.3) is 5.91 Å². The van der Waals surface area contributed by atoms with E-state index in [4.69, 9.17) is 0 Å². The van der Waals surface area contributed by atoms with E-state index in [0.717, 1.165) is 17.1 Å². The Kier molecular flexibility index (Phi) is 1.33. The number of fused-ring (bicyclic) bond motifs is 3. The Bertz CT molecular complexity index is 476. The fraction of sp³-hybridized carbons (Fsp3) is 0.100. The average molecular weight is 185 g/mol. The number of para-hydroxylation sites is 1. The quantitative estimate of drug-likeness (QED) is 0.593. The Morgan fingerprint density at radius 3 is 3.07 bits per heavy atom. The smallest absolute Gasteiger partial charge is 0.255 e. The lowest BCUT2D eigenvalue weighted by Gasteiger charge is -2.18. The minimum atomic E-state index is -0.0155. The fourth-order valence-electron chi connectivity index (χ4n) is 1.64. The van der Waals surface area contributed by atoms with Gasteiger partial charge in [0.2, 0.25) is 0 Å². The predicted molar refractivity (Wildman–Crippen MR) is 52.8 cm³/mol. The summed E-state index contributed by atoms with van der Waals surface area (Å²) in [6, 6.07) is 7.68. The number of rotatable bonds is 0.